The first-order chi connectivity index (χ1) is 12.0. The summed E-state index contributed by atoms with van der Waals surface area (Å²) in [7, 11) is -1.56. The van der Waals surface area contributed by atoms with Crippen molar-refractivity contribution in [1.82, 2.24) is 16.0 Å². The second-order valence-corrected chi connectivity index (χ2v) is 8.88. The van der Waals surface area contributed by atoms with Crippen LogP contribution in [0.3, 0.4) is 0 Å². The Morgan fingerprint density at radius 2 is 1.85 bits per heavy atom. The summed E-state index contributed by atoms with van der Waals surface area (Å²) >= 11 is 0. The zero-order chi connectivity index (χ0) is 20.0. The fourth-order valence-electron chi connectivity index (χ4n) is 2.43. The van der Waals surface area contributed by atoms with Crippen molar-refractivity contribution in [1.29, 1.82) is 0 Å². The molecule has 146 valence electrons. The first kappa shape index (κ1) is 22.0. The molecule has 0 aromatic heterocycles. The Morgan fingerprint density at radius 1 is 1.19 bits per heavy atom. The van der Waals surface area contributed by atoms with Gasteiger partial charge in [-0.2, -0.15) is 0 Å². The zero-order valence-electron chi connectivity index (χ0n) is 16.4. The minimum atomic E-state index is -3.22. The summed E-state index contributed by atoms with van der Waals surface area (Å²) < 4.78 is 23.4. The van der Waals surface area contributed by atoms with Crippen molar-refractivity contribution >= 4 is 21.7 Å². The van der Waals surface area contributed by atoms with Gasteiger partial charge in [0.1, 0.15) is 0 Å². The number of hydrogen-bond acceptors (Lipinski definition) is 4. The van der Waals surface area contributed by atoms with E-state index in [0.29, 0.717) is 36.1 Å². The van der Waals surface area contributed by atoms with Gasteiger partial charge in [-0.05, 0) is 44.9 Å². The topological polar surface area (TPSA) is 99.7 Å². The molecule has 0 atom stereocenters. The van der Waals surface area contributed by atoms with Crippen molar-refractivity contribution in [3.63, 3.8) is 0 Å². The van der Waals surface area contributed by atoms with Crippen LogP contribution in [-0.2, 0) is 21.2 Å². The number of nitrogens with zero attached hydrogens (tertiary/aromatic N) is 1. The SMILES string of the molecule is CCNC(=O)C(C)(C)CNC(=NC)NCc1ccc(S(C)(=O)=O)c(C)c1. The summed E-state index contributed by atoms with van der Waals surface area (Å²) in [6.07, 6.45) is 1.20. The number of guanidine groups is 1. The molecule has 0 spiro atoms. The molecule has 0 fully saturated rings. The Balaban J connectivity index is 2.68. The van der Waals surface area contributed by atoms with E-state index in [2.05, 4.69) is 20.9 Å². The summed E-state index contributed by atoms with van der Waals surface area (Å²) in [4.78, 5) is 16.5. The number of amides is 1. The number of hydrogen-bond donors (Lipinski definition) is 3. The van der Waals surface area contributed by atoms with Crippen LogP contribution < -0.4 is 16.0 Å². The predicted octanol–water partition coefficient (Wildman–Crippen LogP) is 1.23. The third-order valence-corrected chi connectivity index (χ3v) is 5.23. The smallest absolute Gasteiger partial charge is 0.227 e. The maximum atomic E-state index is 12.0. The molecule has 0 heterocycles. The molecule has 0 aliphatic heterocycles. The molecule has 0 bridgehead atoms. The van der Waals surface area contributed by atoms with Gasteiger partial charge in [0.05, 0.1) is 10.3 Å². The number of rotatable bonds is 7. The van der Waals surface area contributed by atoms with E-state index in [4.69, 9.17) is 0 Å². The van der Waals surface area contributed by atoms with Crippen LogP contribution >= 0.6 is 0 Å². The van der Waals surface area contributed by atoms with Crippen LogP contribution in [0.15, 0.2) is 28.1 Å². The number of sulfone groups is 1. The van der Waals surface area contributed by atoms with Crippen molar-refractivity contribution in [3.8, 4) is 0 Å². The van der Waals surface area contributed by atoms with Gasteiger partial charge in [-0.1, -0.05) is 12.1 Å². The molecule has 1 amide bonds. The third kappa shape index (κ3) is 6.33. The minimum absolute atomic E-state index is 0.0186. The third-order valence-electron chi connectivity index (χ3n) is 3.97. The highest BCUT2D eigenvalue weighted by molar-refractivity contribution is 7.90. The fraction of sp³-hybridized carbons (Fsp3) is 0.556. The molecule has 0 aliphatic rings. The van der Waals surface area contributed by atoms with Crippen LogP contribution in [0.2, 0.25) is 0 Å². The van der Waals surface area contributed by atoms with Crippen LogP contribution in [0.5, 0.6) is 0 Å². The molecule has 8 heteroatoms. The van der Waals surface area contributed by atoms with Crippen LogP contribution in [0, 0.1) is 12.3 Å². The number of benzene rings is 1. The number of carbonyl (C=O) groups excluding carboxylic acids is 1. The molecule has 1 aromatic carbocycles. The van der Waals surface area contributed by atoms with Gasteiger partial charge in [-0.25, -0.2) is 8.42 Å². The van der Waals surface area contributed by atoms with Gasteiger partial charge in [-0.15, -0.1) is 0 Å². The first-order valence-electron chi connectivity index (χ1n) is 8.53. The zero-order valence-corrected chi connectivity index (χ0v) is 17.3. The van der Waals surface area contributed by atoms with Crippen molar-refractivity contribution in [2.24, 2.45) is 10.4 Å². The molecule has 3 N–H and O–H groups in total. The summed E-state index contributed by atoms with van der Waals surface area (Å²) in [6.45, 7) is 8.92. The maximum Gasteiger partial charge on any atom is 0.227 e. The molecule has 26 heavy (non-hydrogen) atoms. The lowest BCUT2D eigenvalue weighted by Crippen LogP contribution is -2.47. The Bertz CT molecular complexity index is 771. The highest BCUT2D eigenvalue weighted by Crippen LogP contribution is 2.16. The van der Waals surface area contributed by atoms with E-state index in [-0.39, 0.29) is 5.91 Å². The standard InChI is InChI=1S/C18H30N4O3S/c1-7-20-16(23)18(3,4)12-22-17(19-5)21-11-14-8-9-15(13(2)10-14)26(6,24)25/h8-10H,7,11-12H2,1-6H3,(H,20,23)(H2,19,21,22). The highest BCUT2D eigenvalue weighted by atomic mass is 32.2. The van der Waals surface area contributed by atoms with Crippen molar-refractivity contribution < 1.29 is 13.2 Å². The van der Waals surface area contributed by atoms with E-state index >= 15 is 0 Å². The number of nitrogens with one attached hydrogen (secondary N) is 3. The molecule has 1 aromatic rings. The van der Waals surface area contributed by atoms with Crippen molar-refractivity contribution in [3.05, 3.63) is 29.3 Å². The Kier molecular flexibility index (Phi) is 7.62. The largest absolute Gasteiger partial charge is 0.356 e. The molecule has 0 radical (unpaired) electrons. The molecule has 7 nitrogen and oxygen atoms in total. The maximum absolute atomic E-state index is 12.0. The molecule has 0 saturated carbocycles. The van der Waals surface area contributed by atoms with Gasteiger partial charge >= 0.3 is 0 Å². The monoisotopic (exact) mass is 382 g/mol. The van der Waals surface area contributed by atoms with E-state index in [1.54, 1.807) is 26.1 Å². The van der Waals surface area contributed by atoms with Crippen LogP contribution in [0.4, 0.5) is 0 Å². The Morgan fingerprint density at radius 3 is 2.35 bits per heavy atom. The van der Waals surface area contributed by atoms with Crippen LogP contribution in [0.1, 0.15) is 31.9 Å². The quantitative estimate of drug-likeness (QED) is 0.486. The van der Waals surface area contributed by atoms with E-state index in [1.807, 2.05) is 26.8 Å². The second kappa shape index (κ2) is 9.02. The van der Waals surface area contributed by atoms with Crippen LogP contribution in [0.25, 0.3) is 0 Å². The van der Waals surface area contributed by atoms with E-state index in [1.165, 1.54) is 6.26 Å². The Hall–Kier alpha value is -2.09. The summed E-state index contributed by atoms with van der Waals surface area (Å²) in [5, 5.41) is 9.14. The molecular formula is C18H30N4O3S. The van der Waals surface area contributed by atoms with Crippen molar-refractivity contribution in [2.45, 2.75) is 39.1 Å². The van der Waals surface area contributed by atoms with Crippen molar-refractivity contribution in [2.75, 3.05) is 26.4 Å². The summed E-state index contributed by atoms with van der Waals surface area (Å²) in [6, 6.07) is 5.24. The highest BCUT2D eigenvalue weighted by Gasteiger charge is 2.27. The number of carbonyl (C=O) groups is 1. The summed E-state index contributed by atoms with van der Waals surface area (Å²) in [5.74, 6) is 0.558. The molecule has 1 rings (SSSR count). The van der Waals surface area contributed by atoms with Gasteiger partial charge in [0, 0.05) is 32.9 Å². The minimum Gasteiger partial charge on any atom is -0.356 e. The van der Waals surface area contributed by atoms with E-state index in [9.17, 15) is 13.2 Å². The first-order valence-corrected chi connectivity index (χ1v) is 10.4. The van der Waals surface area contributed by atoms with Gasteiger partial charge in [0.15, 0.2) is 15.8 Å². The predicted molar refractivity (Wildman–Crippen MR) is 105 cm³/mol. The van der Waals surface area contributed by atoms with Gasteiger partial charge in [0.2, 0.25) is 5.91 Å². The van der Waals surface area contributed by atoms with Gasteiger partial charge in [0.25, 0.3) is 0 Å². The van der Waals surface area contributed by atoms with Crippen LogP contribution in [-0.4, -0.2) is 46.7 Å². The van der Waals surface area contributed by atoms with E-state index in [0.717, 1.165) is 5.56 Å². The van der Waals surface area contributed by atoms with Gasteiger partial charge in [-0.3, -0.25) is 9.79 Å². The lowest BCUT2D eigenvalue weighted by Gasteiger charge is -2.24. The molecular weight excluding hydrogens is 352 g/mol. The average molecular weight is 383 g/mol. The number of aryl methyl sites for hydroxylation is 1. The normalized spacial score (nSPS) is 12.6. The molecule has 0 saturated heterocycles. The lowest BCUT2D eigenvalue weighted by atomic mass is 9.92. The van der Waals surface area contributed by atoms with E-state index < -0.39 is 15.3 Å². The molecule has 0 unspecified atom stereocenters. The average Bonchev–Trinajstić information content (AvgIpc) is 2.54. The fourth-order valence-corrected chi connectivity index (χ4v) is 3.39. The number of aliphatic imine (C=N–C) groups is 1. The lowest BCUT2D eigenvalue weighted by molar-refractivity contribution is -0.128. The van der Waals surface area contributed by atoms with Gasteiger partial charge < -0.3 is 16.0 Å². The summed E-state index contributed by atoms with van der Waals surface area (Å²) in [5.41, 5.74) is 1.09. The Labute approximate surface area is 156 Å². The molecule has 0 aliphatic carbocycles. The second-order valence-electron chi connectivity index (χ2n) is 6.89.